The molecule has 1 aromatic rings. The number of ether oxygens (including phenoxy) is 3. The van der Waals surface area contributed by atoms with Crippen molar-refractivity contribution in [3.05, 3.63) is 18.2 Å². The summed E-state index contributed by atoms with van der Waals surface area (Å²) in [6, 6.07) is 4.65. The lowest BCUT2D eigenvalue weighted by molar-refractivity contribution is -0.242. The Kier molecular flexibility index (Phi) is 6.05. The molecule has 0 aromatic heterocycles. The third-order valence-electron chi connectivity index (χ3n) is 5.28. The first-order chi connectivity index (χ1) is 14.0. The zero-order valence-corrected chi connectivity index (χ0v) is 17.0. The SMILES string of the molecule is COC(=O)C(CC1CNc2cc(NC(=O)OC(C)(C)C(F)(F)F)ccc2O1)C1CC1. The molecule has 1 saturated carbocycles. The largest absolute Gasteiger partial charge is 0.486 e. The molecule has 166 valence electrons. The Morgan fingerprint density at radius 3 is 2.60 bits per heavy atom. The maximum Gasteiger partial charge on any atom is 0.427 e. The fourth-order valence-electron chi connectivity index (χ4n) is 3.27. The molecule has 1 aliphatic carbocycles. The van der Waals surface area contributed by atoms with E-state index in [4.69, 9.17) is 9.47 Å². The molecule has 1 fully saturated rings. The summed E-state index contributed by atoms with van der Waals surface area (Å²) in [5, 5.41) is 5.46. The molecule has 1 aliphatic heterocycles. The molecule has 1 heterocycles. The smallest absolute Gasteiger partial charge is 0.427 e. The number of esters is 1. The minimum atomic E-state index is -4.69. The lowest BCUT2D eigenvalue weighted by Gasteiger charge is -2.30. The first kappa shape index (κ1) is 22.0. The van der Waals surface area contributed by atoms with Gasteiger partial charge in [0.2, 0.25) is 5.60 Å². The average molecular weight is 430 g/mol. The summed E-state index contributed by atoms with van der Waals surface area (Å²) < 4.78 is 53.9. The van der Waals surface area contributed by atoms with Crippen molar-refractivity contribution in [3.8, 4) is 5.75 Å². The van der Waals surface area contributed by atoms with Gasteiger partial charge in [0.15, 0.2) is 0 Å². The van der Waals surface area contributed by atoms with Crippen LogP contribution in [0, 0.1) is 11.8 Å². The summed E-state index contributed by atoms with van der Waals surface area (Å²) in [6.45, 7) is 2.00. The van der Waals surface area contributed by atoms with Gasteiger partial charge in [-0.1, -0.05) is 0 Å². The number of methoxy groups -OCH3 is 1. The number of benzene rings is 1. The van der Waals surface area contributed by atoms with Gasteiger partial charge < -0.3 is 19.5 Å². The molecule has 0 bridgehead atoms. The standard InChI is InChI=1S/C20H25F3N2O5/c1-19(2,20(21,22)23)30-18(27)25-12-6-7-16-15(8-12)24-10-13(29-16)9-14(11-4-5-11)17(26)28-3/h6-8,11,13-14,24H,4-5,9-10H2,1-3H3,(H,25,27). The van der Waals surface area contributed by atoms with Gasteiger partial charge in [0.05, 0.1) is 25.3 Å². The highest BCUT2D eigenvalue weighted by Gasteiger charge is 2.51. The highest BCUT2D eigenvalue weighted by Crippen LogP contribution is 2.41. The predicted molar refractivity (Wildman–Crippen MR) is 102 cm³/mol. The Hall–Kier alpha value is -2.65. The third kappa shape index (κ3) is 5.09. The highest BCUT2D eigenvalue weighted by atomic mass is 19.4. The number of carbonyl (C=O) groups is 2. The van der Waals surface area contributed by atoms with Crippen LogP contribution >= 0.6 is 0 Å². The number of rotatable bonds is 6. The summed E-state index contributed by atoms with van der Waals surface area (Å²) in [5.74, 6) is 0.434. The van der Waals surface area contributed by atoms with Crippen molar-refractivity contribution in [2.45, 2.75) is 51.0 Å². The number of fused-ring (bicyclic) bond motifs is 1. The molecule has 2 N–H and O–H groups in total. The molecule has 1 aromatic carbocycles. The number of nitrogens with one attached hydrogen (secondary N) is 2. The van der Waals surface area contributed by atoms with Crippen molar-refractivity contribution in [1.82, 2.24) is 0 Å². The van der Waals surface area contributed by atoms with Crippen molar-refractivity contribution >= 4 is 23.4 Å². The molecule has 0 saturated heterocycles. The van der Waals surface area contributed by atoms with E-state index < -0.39 is 17.9 Å². The second-order valence-corrected chi connectivity index (χ2v) is 8.06. The summed E-state index contributed by atoms with van der Waals surface area (Å²) in [6.07, 6.45) is -3.58. The normalized spacial score (nSPS) is 19.6. The zero-order valence-electron chi connectivity index (χ0n) is 17.0. The molecule has 2 atom stereocenters. The molecule has 2 aliphatic rings. The van der Waals surface area contributed by atoms with Crippen LogP contribution in [0.4, 0.5) is 29.3 Å². The topological polar surface area (TPSA) is 85.9 Å². The molecule has 1 amide bonds. The van der Waals surface area contributed by atoms with Crippen molar-refractivity contribution in [2.75, 3.05) is 24.3 Å². The van der Waals surface area contributed by atoms with E-state index in [0.29, 0.717) is 30.3 Å². The number of amides is 1. The number of hydrogen-bond acceptors (Lipinski definition) is 6. The Bertz CT molecular complexity index is 808. The van der Waals surface area contributed by atoms with Crippen LogP contribution in [0.1, 0.15) is 33.1 Å². The second kappa shape index (κ2) is 8.23. The molecule has 3 rings (SSSR count). The molecule has 10 heteroatoms. The van der Waals surface area contributed by atoms with Crippen LogP contribution in [-0.2, 0) is 14.3 Å². The van der Waals surface area contributed by atoms with Crippen LogP contribution in [0.25, 0.3) is 0 Å². The van der Waals surface area contributed by atoms with E-state index in [2.05, 4.69) is 15.4 Å². The first-order valence-electron chi connectivity index (χ1n) is 9.69. The van der Waals surface area contributed by atoms with Gasteiger partial charge in [-0.2, -0.15) is 13.2 Å². The molecule has 30 heavy (non-hydrogen) atoms. The van der Waals surface area contributed by atoms with Crippen LogP contribution in [0.15, 0.2) is 18.2 Å². The number of halogens is 3. The lowest BCUT2D eigenvalue weighted by atomic mass is 9.95. The van der Waals surface area contributed by atoms with Gasteiger partial charge in [0, 0.05) is 5.69 Å². The van der Waals surface area contributed by atoms with Crippen molar-refractivity contribution in [1.29, 1.82) is 0 Å². The predicted octanol–water partition coefficient (Wildman–Crippen LogP) is 4.34. The van der Waals surface area contributed by atoms with Crippen LogP contribution in [0.2, 0.25) is 0 Å². The van der Waals surface area contributed by atoms with Crippen LogP contribution in [-0.4, -0.2) is 43.6 Å². The van der Waals surface area contributed by atoms with Crippen molar-refractivity contribution in [3.63, 3.8) is 0 Å². The van der Waals surface area contributed by atoms with E-state index in [-0.39, 0.29) is 23.7 Å². The number of alkyl halides is 3. The van der Waals surface area contributed by atoms with Crippen molar-refractivity contribution < 1.29 is 37.0 Å². The van der Waals surface area contributed by atoms with E-state index in [9.17, 15) is 22.8 Å². The molecular weight excluding hydrogens is 405 g/mol. The highest BCUT2D eigenvalue weighted by molar-refractivity contribution is 5.86. The molecular formula is C20H25F3N2O5. The van der Waals surface area contributed by atoms with E-state index in [0.717, 1.165) is 26.7 Å². The summed E-state index contributed by atoms with van der Waals surface area (Å²) in [5.41, 5.74) is -1.77. The number of anilines is 2. The fourth-order valence-corrected chi connectivity index (χ4v) is 3.27. The van der Waals surface area contributed by atoms with Gasteiger partial charge >= 0.3 is 18.2 Å². The quantitative estimate of drug-likeness (QED) is 0.653. The van der Waals surface area contributed by atoms with E-state index in [1.54, 1.807) is 12.1 Å². The van der Waals surface area contributed by atoms with E-state index in [1.807, 2.05) is 0 Å². The monoisotopic (exact) mass is 430 g/mol. The van der Waals surface area contributed by atoms with Crippen LogP contribution < -0.4 is 15.4 Å². The zero-order chi connectivity index (χ0) is 22.1. The number of carbonyl (C=O) groups excluding carboxylic acids is 2. The van der Waals surface area contributed by atoms with E-state index in [1.165, 1.54) is 13.2 Å². The Labute approximate surface area is 172 Å². The Morgan fingerprint density at radius 1 is 1.30 bits per heavy atom. The maximum atomic E-state index is 12.9. The van der Waals surface area contributed by atoms with Gasteiger partial charge in [-0.25, -0.2) is 4.79 Å². The minimum absolute atomic E-state index is 0.198. The van der Waals surface area contributed by atoms with Crippen LogP contribution in [0.5, 0.6) is 5.75 Å². The lowest BCUT2D eigenvalue weighted by Crippen LogP contribution is -2.44. The molecule has 7 nitrogen and oxygen atoms in total. The molecule has 2 unspecified atom stereocenters. The van der Waals surface area contributed by atoms with Gasteiger partial charge in [-0.15, -0.1) is 0 Å². The maximum absolute atomic E-state index is 12.9. The van der Waals surface area contributed by atoms with Gasteiger partial charge in [-0.05, 0) is 57.2 Å². The summed E-state index contributed by atoms with van der Waals surface area (Å²) >= 11 is 0. The van der Waals surface area contributed by atoms with E-state index >= 15 is 0 Å². The van der Waals surface area contributed by atoms with Crippen LogP contribution in [0.3, 0.4) is 0 Å². The minimum Gasteiger partial charge on any atom is -0.486 e. The average Bonchev–Trinajstić information content (AvgIpc) is 3.49. The van der Waals surface area contributed by atoms with Crippen molar-refractivity contribution in [2.24, 2.45) is 11.8 Å². The summed E-state index contributed by atoms with van der Waals surface area (Å²) in [4.78, 5) is 23.8. The van der Waals surface area contributed by atoms with Gasteiger partial charge in [-0.3, -0.25) is 10.1 Å². The third-order valence-corrected chi connectivity index (χ3v) is 5.28. The fraction of sp³-hybridized carbons (Fsp3) is 0.600. The Balaban J connectivity index is 1.60. The molecule has 0 radical (unpaired) electrons. The summed E-state index contributed by atoms with van der Waals surface area (Å²) in [7, 11) is 1.38. The van der Waals surface area contributed by atoms with Gasteiger partial charge in [0.1, 0.15) is 11.9 Å². The Morgan fingerprint density at radius 2 is 2.00 bits per heavy atom. The second-order valence-electron chi connectivity index (χ2n) is 8.06. The molecule has 0 spiro atoms. The van der Waals surface area contributed by atoms with Gasteiger partial charge in [0.25, 0.3) is 0 Å². The first-order valence-corrected chi connectivity index (χ1v) is 9.69. The number of hydrogen-bond donors (Lipinski definition) is 2.